The van der Waals surface area contributed by atoms with Gasteiger partial charge >= 0.3 is 0 Å². The zero-order valence-electron chi connectivity index (χ0n) is 10.6. The second-order valence-corrected chi connectivity index (χ2v) is 4.68. The Balaban J connectivity index is 2.35. The predicted molar refractivity (Wildman–Crippen MR) is 72.1 cm³/mol. The van der Waals surface area contributed by atoms with Crippen molar-refractivity contribution in [2.75, 3.05) is 5.32 Å². The lowest BCUT2D eigenvalue weighted by Crippen LogP contribution is -2.24. The van der Waals surface area contributed by atoms with Crippen LogP contribution in [0.1, 0.15) is 27.2 Å². The van der Waals surface area contributed by atoms with Gasteiger partial charge in [-0.25, -0.2) is 0 Å². The van der Waals surface area contributed by atoms with Crippen molar-refractivity contribution >= 4 is 16.6 Å². The summed E-state index contributed by atoms with van der Waals surface area (Å²) in [6.07, 6.45) is 2.92. The van der Waals surface area contributed by atoms with E-state index in [2.05, 4.69) is 42.4 Å². The maximum Gasteiger partial charge on any atom is 0.0950 e. The first-order valence-corrected chi connectivity index (χ1v) is 6.19. The lowest BCUT2D eigenvalue weighted by Gasteiger charge is -2.22. The van der Waals surface area contributed by atoms with Gasteiger partial charge in [0.25, 0.3) is 0 Å². The van der Waals surface area contributed by atoms with Gasteiger partial charge in [-0.2, -0.15) is 10.2 Å². The number of anilines is 1. The Labute approximate surface area is 102 Å². The summed E-state index contributed by atoms with van der Waals surface area (Å²) in [6.45, 7) is 6.67. The summed E-state index contributed by atoms with van der Waals surface area (Å²) < 4.78 is 0. The molecule has 0 fully saturated rings. The first-order valence-electron chi connectivity index (χ1n) is 6.19. The van der Waals surface area contributed by atoms with E-state index in [9.17, 15) is 0 Å². The molecule has 90 valence electrons. The summed E-state index contributed by atoms with van der Waals surface area (Å²) >= 11 is 0. The number of rotatable bonds is 4. The topological polar surface area (TPSA) is 37.8 Å². The number of nitrogens with zero attached hydrogens (tertiary/aromatic N) is 2. The summed E-state index contributed by atoms with van der Waals surface area (Å²) in [5.74, 6) is 0.604. The smallest absolute Gasteiger partial charge is 0.0950 e. The molecule has 0 saturated carbocycles. The van der Waals surface area contributed by atoms with Crippen molar-refractivity contribution in [2.45, 2.75) is 33.2 Å². The van der Waals surface area contributed by atoms with Gasteiger partial charge in [0.1, 0.15) is 0 Å². The molecular formula is C14H19N3. The standard InChI is InChI=1S/C14H19N3/c1-4-12(10(2)3)16-14-9-15-17-13-8-6-5-7-11(13)14/h5-10,12H,4H2,1-3H3,(H,16,17). The molecule has 1 atom stereocenters. The van der Waals surface area contributed by atoms with Crippen LogP contribution in [0, 0.1) is 5.92 Å². The third-order valence-corrected chi connectivity index (χ3v) is 3.13. The molecule has 3 nitrogen and oxygen atoms in total. The number of fused-ring (bicyclic) bond motifs is 1. The fraction of sp³-hybridized carbons (Fsp3) is 0.429. The molecule has 1 unspecified atom stereocenters. The molecule has 0 radical (unpaired) electrons. The number of hydrogen-bond acceptors (Lipinski definition) is 3. The van der Waals surface area contributed by atoms with Gasteiger partial charge in [-0.05, 0) is 18.4 Å². The van der Waals surface area contributed by atoms with E-state index >= 15 is 0 Å². The minimum absolute atomic E-state index is 0.475. The van der Waals surface area contributed by atoms with Crippen molar-refractivity contribution in [2.24, 2.45) is 5.92 Å². The fourth-order valence-electron chi connectivity index (χ4n) is 2.06. The Morgan fingerprint density at radius 2 is 2.00 bits per heavy atom. The third-order valence-electron chi connectivity index (χ3n) is 3.13. The van der Waals surface area contributed by atoms with E-state index in [-0.39, 0.29) is 0 Å². The van der Waals surface area contributed by atoms with Gasteiger partial charge < -0.3 is 5.32 Å². The maximum atomic E-state index is 4.13. The van der Waals surface area contributed by atoms with E-state index in [4.69, 9.17) is 0 Å². The molecule has 0 bridgehead atoms. The quantitative estimate of drug-likeness (QED) is 0.872. The van der Waals surface area contributed by atoms with Gasteiger partial charge in [0.15, 0.2) is 0 Å². The van der Waals surface area contributed by atoms with E-state index in [1.807, 2.05) is 24.4 Å². The Hall–Kier alpha value is -1.64. The van der Waals surface area contributed by atoms with Crippen LogP contribution in [0.2, 0.25) is 0 Å². The van der Waals surface area contributed by atoms with Crippen LogP contribution in [0.15, 0.2) is 30.5 Å². The highest BCUT2D eigenvalue weighted by Crippen LogP contribution is 2.22. The van der Waals surface area contributed by atoms with Crippen LogP contribution < -0.4 is 5.32 Å². The molecule has 1 aromatic heterocycles. The summed E-state index contributed by atoms with van der Waals surface area (Å²) in [4.78, 5) is 0. The zero-order chi connectivity index (χ0) is 12.3. The summed E-state index contributed by atoms with van der Waals surface area (Å²) in [6, 6.07) is 8.57. The van der Waals surface area contributed by atoms with Gasteiger partial charge in [-0.1, -0.05) is 39.0 Å². The van der Waals surface area contributed by atoms with E-state index in [0.717, 1.165) is 23.0 Å². The van der Waals surface area contributed by atoms with Crippen molar-refractivity contribution < 1.29 is 0 Å². The van der Waals surface area contributed by atoms with E-state index in [0.29, 0.717) is 12.0 Å². The Morgan fingerprint density at radius 3 is 2.71 bits per heavy atom. The highest BCUT2D eigenvalue weighted by molar-refractivity contribution is 5.90. The molecule has 1 N–H and O–H groups in total. The van der Waals surface area contributed by atoms with Crippen LogP contribution in [0.25, 0.3) is 10.9 Å². The minimum atomic E-state index is 0.475. The molecule has 0 aliphatic carbocycles. The largest absolute Gasteiger partial charge is 0.380 e. The first kappa shape index (κ1) is 11.8. The van der Waals surface area contributed by atoms with Gasteiger partial charge in [-0.3, -0.25) is 0 Å². The summed E-state index contributed by atoms with van der Waals surface area (Å²) in [5, 5.41) is 12.9. The van der Waals surface area contributed by atoms with Gasteiger partial charge in [0.05, 0.1) is 17.4 Å². The van der Waals surface area contributed by atoms with E-state index < -0.39 is 0 Å². The van der Waals surface area contributed by atoms with Crippen LogP contribution in [0.4, 0.5) is 5.69 Å². The Bertz CT molecular complexity index is 488. The van der Waals surface area contributed by atoms with Gasteiger partial charge in [-0.15, -0.1) is 0 Å². The van der Waals surface area contributed by atoms with Crippen LogP contribution in [0.5, 0.6) is 0 Å². The second kappa shape index (κ2) is 5.13. The molecule has 2 rings (SSSR count). The number of nitrogens with one attached hydrogen (secondary N) is 1. The highest BCUT2D eigenvalue weighted by atomic mass is 15.1. The first-order chi connectivity index (χ1) is 8.22. The number of hydrogen-bond donors (Lipinski definition) is 1. The molecule has 1 heterocycles. The average molecular weight is 229 g/mol. The Morgan fingerprint density at radius 1 is 1.24 bits per heavy atom. The molecule has 0 aliphatic heterocycles. The molecule has 1 aromatic carbocycles. The normalized spacial score (nSPS) is 12.9. The summed E-state index contributed by atoms with van der Waals surface area (Å²) in [5.41, 5.74) is 2.02. The van der Waals surface area contributed by atoms with E-state index in [1.165, 1.54) is 0 Å². The van der Waals surface area contributed by atoms with Crippen molar-refractivity contribution in [3.05, 3.63) is 30.5 Å². The average Bonchev–Trinajstić information content (AvgIpc) is 2.35. The predicted octanol–water partition coefficient (Wildman–Crippen LogP) is 3.48. The fourth-order valence-corrected chi connectivity index (χ4v) is 2.06. The Kier molecular flexibility index (Phi) is 3.57. The SMILES string of the molecule is CCC(Nc1cnnc2ccccc12)C(C)C. The molecule has 3 heteroatoms. The summed E-state index contributed by atoms with van der Waals surface area (Å²) in [7, 11) is 0. The van der Waals surface area contributed by atoms with Gasteiger partial charge in [0.2, 0.25) is 0 Å². The molecule has 17 heavy (non-hydrogen) atoms. The van der Waals surface area contributed by atoms with Crippen molar-refractivity contribution in [3.63, 3.8) is 0 Å². The van der Waals surface area contributed by atoms with Crippen LogP contribution >= 0.6 is 0 Å². The third kappa shape index (κ3) is 2.54. The van der Waals surface area contributed by atoms with Gasteiger partial charge in [0, 0.05) is 11.4 Å². The van der Waals surface area contributed by atoms with Crippen molar-refractivity contribution in [3.8, 4) is 0 Å². The number of benzene rings is 1. The molecule has 0 aliphatic rings. The van der Waals surface area contributed by atoms with Crippen molar-refractivity contribution in [1.82, 2.24) is 10.2 Å². The zero-order valence-corrected chi connectivity index (χ0v) is 10.6. The monoisotopic (exact) mass is 229 g/mol. The molecule has 2 aromatic rings. The number of aromatic nitrogens is 2. The molecule has 0 saturated heterocycles. The lowest BCUT2D eigenvalue weighted by atomic mass is 10.0. The minimum Gasteiger partial charge on any atom is -0.380 e. The second-order valence-electron chi connectivity index (χ2n) is 4.68. The van der Waals surface area contributed by atoms with E-state index in [1.54, 1.807) is 0 Å². The molecule has 0 amide bonds. The van der Waals surface area contributed by atoms with Crippen molar-refractivity contribution in [1.29, 1.82) is 0 Å². The van der Waals surface area contributed by atoms with Crippen LogP contribution in [-0.2, 0) is 0 Å². The van der Waals surface area contributed by atoms with Crippen LogP contribution in [0.3, 0.4) is 0 Å². The molecule has 0 spiro atoms. The molecular weight excluding hydrogens is 210 g/mol. The van der Waals surface area contributed by atoms with Crippen LogP contribution in [-0.4, -0.2) is 16.2 Å². The lowest BCUT2D eigenvalue weighted by molar-refractivity contribution is 0.511. The maximum absolute atomic E-state index is 4.13. The highest BCUT2D eigenvalue weighted by Gasteiger charge is 2.12.